The quantitative estimate of drug-likeness (QED) is 0.294. The molecule has 0 saturated carbocycles. The van der Waals surface area contributed by atoms with Gasteiger partial charge in [0.05, 0.1) is 0 Å². The van der Waals surface area contributed by atoms with Crippen LogP contribution in [0.5, 0.6) is 0 Å². The van der Waals surface area contributed by atoms with Gasteiger partial charge in [-0.2, -0.15) is 0 Å². The zero-order valence-electron chi connectivity index (χ0n) is 15.3. The number of hydrogen-bond donors (Lipinski definition) is 4. The third kappa shape index (κ3) is 17.9. The molecule has 0 aliphatic rings. The predicted molar refractivity (Wildman–Crippen MR) is 99.4 cm³/mol. The number of hydrogen-bond acceptors (Lipinski definition) is 4. The highest BCUT2D eigenvalue weighted by Crippen LogP contribution is 2.01. The SMILES string of the molecule is CC[C@@H](C)CNCCCNCCCCCCCNCCCN. The molecule has 0 radical (unpaired) electrons. The van der Waals surface area contributed by atoms with Gasteiger partial charge < -0.3 is 21.7 Å². The van der Waals surface area contributed by atoms with Gasteiger partial charge in [-0.1, -0.05) is 39.5 Å². The van der Waals surface area contributed by atoms with E-state index in [9.17, 15) is 0 Å². The number of nitrogens with two attached hydrogens (primary N) is 1. The van der Waals surface area contributed by atoms with Gasteiger partial charge in [0.1, 0.15) is 0 Å². The normalized spacial score (nSPS) is 12.7. The third-order valence-corrected chi connectivity index (χ3v) is 4.16. The predicted octanol–water partition coefficient (Wildman–Crippen LogP) is 2.49. The van der Waals surface area contributed by atoms with Crippen LogP contribution in [0.4, 0.5) is 0 Å². The van der Waals surface area contributed by atoms with Crippen LogP contribution >= 0.6 is 0 Å². The number of rotatable bonds is 18. The van der Waals surface area contributed by atoms with Gasteiger partial charge in [0, 0.05) is 0 Å². The summed E-state index contributed by atoms with van der Waals surface area (Å²) in [5.41, 5.74) is 5.45. The second-order valence-corrected chi connectivity index (χ2v) is 6.48. The Morgan fingerprint density at radius 3 is 1.77 bits per heavy atom. The second-order valence-electron chi connectivity index (χ2n) is 6.48. The highest BCUT2D eigenvalue weighted by Gasteiger charge is 1.96. The standard InChI is InChI=1S/C18H42N4/c1-3-18(2)17-22-16-10-15-21-13-8-6-4-5-7-12-20-14-9-11-19/h18,20-22H,3-17,19H2,1-2H3/t18-/m1/s1. The summed E-state index contributed by atoms with van der Waals surface area (Å²) in [6.07, 6.45) is 10.3. The molecule has 0 bridgehead atoms. The summed E-state index contributed by atoms with van der Waals surface area (Å²) >= 11 is 0. The average Bonchev–Trinajstić information content (AvgIpc) is 2.54. The lowest BCUT2D eigenvalue weighted by Gasteiger charge is -2.10. The van der Waals surface area contributed by atoms with E-state index in [4.69, 9.17) is 5.73 Å². The first-order valence-electron chi connectivity index (χ1n) is 9.63. The summed E-state index contributed by atoms with van der Waals surface area (Å²) < 4.78 is 0. The lowest BCUT2D eigenvalue weighted by molar-refractivity contribution is 0.487. The third-order valence-electron chi connectivity index (χ3n) is 4.16. The Bertz CT molecular complexity index is 200. The van der Waals surface area contributed by atoms with Crippen LogP contribution in [-0.2, 0) is 0 Å². The Labute approximate surface area is 139 Å². The minimum atomic E-state index is 0.800. The van der Waals surface area contributed by atoms with E-state index in [1.54, 1.807) is 0 Å². The molecule has 0 heterocycles. The second kappa shape index (κ2) is 18.9. The Kier molecular flexibility index (Phi) is 18.8. The van der Waals surface area contributed by atoms with Crippen molar-refractivity contribution in [3.8, 4) is 0 Å². The smallest absolute Gasteiger partial charge is 0.00232 e. The van der Waals surface area contributed by atoms with Crippen LogP contribution in [0.3, 0.4) is 0 Å². The van der Waals surface area contributed by atoms with Gasteiger partial charge in [0.25, 0.3) is 0 Å². The number of nitrogens with one attached hydrogen (secondary N) is 3. The molecule has 5 N–H and O–H groups in total. The van der Waals surface area contributed by atoms with Crippen molar-refractivity contribution in [1.82, 2.24) is 16.0 Å². The molecule has 22 heavy (non-hydrogen) atoms. The zero-order valence-corrected chi connectivity index (χ0v) is 15.3. The van der Waals surface area contributed by atoms with Crippen LogP contribution in [0.2, 0.25) is 0 Å². The first kappa shape index (κ1) is 21.8. The summed E-state index contributed by atoms with van der Waals surface area (Å²) in [4.78, 5) is 0. The summed E-state index contributed by atoms with van der Waals surface area (Å²) in [6, 6.07) is 0. The molecule has 0 unspecified atom stereocenters. The fourth-order valence-electron chi connectivity index (χ4n) is 2.34. The van der Waals surface area contributed by atoms with E-state index in [1.165, 1.54) is 51.5 Å². The van der Waals surface area contributed by atoms with Crippen LogP contribution in [-0.4, -0.2) is 45.8 Å². The highest BCUT2D eigenvalue weighted by atomic mass is 14.9. The maximum Gasteiger partial charge on any atom is -0.00232 e. The molecule has 134 valence electrons. The molecule has 0 aromatic carbocycles. The summed E-state index contributed by atoms with van der Waals surface area (Å²) in [6.45, 7) is 12.2. The van der Waals surface area contributed by atoms with Crippen LogP contribution in [0.1, 0.15) is 65.2 Å². The van der Waals surface area contributed by atoms with Crippen molar-refractivity contribution in [1.29, 1.82) is 0 Å². The summed E-state index contributed by atoms with van der Waals surface area (Å²) in [5, 5.41) is 10.5. The van der Waals surface area contributed by atoms with Crippen LogP contribution in [0.15, 0.2) is 0 Å². The van der Waals surface area contributed by atoms with Crippen LogP contribution in [0.25, 0.3) is 0 Å². The van der Waals surface area contributed by atoms with Crippen molar-refractivity contribution in [2.24, 2.45) is 11.7 Å². The van der Waals surface area contributed by atoms with Crippen molar-refractivity contribution >= 4 is 0 Å². The Morgan fingerprint density at radius 2 is 1.18 bits per heavy atom. The molecule has 0 fully saturated rings. The van der Waals surface area contributed by atoms with E-state index >= 15 is 0 Å². The van der Waals surface area contributed by atoms with E-state index in [1.807, 2.05) is 0 Å². The van der Waals surface area contributed by atoms with Crippen molar-refractivity contribution < 1.29 is 0 Å². The van der Waals surface area contributed by atoms with Gasteiger partial charge in [-0.05, 0) is 77.4 Å². The van der Waals surface area contributed by atoms with E-state index < -0.39 is 0 Å². The molecular weight excluding hydrogens is 272 g/mol. The maximum absolute atomic E-state index is 5.45. The van der Waals surface area contributed by atoms with Crippen molar-refractivity contribution in [3.05, 3.63) is 0 Å². The lowest BCUT2D eigenvalue weighted by Crippen LogP contribution is -2.25. The Balaban J connectivity index is 2.97. The molecule has 0 amide bonds. The molecule has 0 aliphatic carbocycles. The molecular formula is C18H42N4. The monoisotopic (exact) mass is 314 g/mol. The molecule has 1 atom stereocenters. The molecule has 0 saturated heterocycles. The van der Waals surface area contributed by atoms with Gasteiger partial charge in [-0.3, -0.25) is 0 Å². The summed E-state index contributed by atoms with van der Waals surface area (Å²) in [7, 11) is 0. The van der Waals surface area contributed by atoms with Gasteiger partial charge in [-0.15, -0.1) is 0 Å². The van der Waals surface area contributed by atoms with Crippen molar-refractivity contribution in [2.75, 3.05) is 45.8 Å². The fraction of sp³-hybridized carbons (Fsp3) is 1.00. The average molecular weight is 315 g/mol. The van der Waals surface area contributed by atoms with Gasteiger partial charge >= 0.3 is 0 Å². The first-order chi connectivity index (χ1) is 10.8. The van der Waals surface area contributed by atoms with Crippen molar-refractivity contribution in [2.45, 2.75) is 65.2 Å². The minimum absolute atomic E-state index is 0.800. The van der Waals surface area contributed by atoms with Gasteiger partial charge in [0.15, 0.2) is 0 Å². The Hall–Kier alpha value is -0.160. The zero-order chi connectivity index (χ0) is 16.3. The van der Waals surface area contributed by atoms with Crippen LogP contribution < -0.4 is 21.7 Å². The largest absolute Gasteiger partial charge is 0.330 e. The first-order valence-corrected chi connectivity index (χ1v) is 9.63. The highest BCUT2D eigenvalue weighted by molar-refractivity contribution is 4.57. The van der Waals surface area contributed by atoms with Crippen molar-refractivity contribution in [3.63, 3.8) is 0 Å². The fourth-order valence-corrected chi connectivity index (χ4v) is 2.34. The molecule has 4 heteroatoms. The lowest BCUT2D eigenvalue weighted by atomic mass is 10.1. The maximum atomic E-state index is 5.45. The topological polar surface area (TPSA) is 62.1 Å². The molecule has 0 aromatic rings. The molecule has 0 spiro atoms. The molecule has 4 nitrogen and oxygen atoms in total. The van der Waals surface area contributed by atoms with Gasteiger partial charge in [-0.25, -0.2) is 0 Å². The minimum Gasteiger partial charge on any atom is -0.330 e. The molecule has 0 aromatic heterocycles. The number of unbranched alkanes of at least 4 members (excludes halogenated alkanes) is 4. The molecule has 0 rings (SSSR count). The van der Waals surface area contributed by atoms with E-state index in [0.717, 1.165) is 51.6 Å². The van der Waals surface area contributed by atoms with Crippen LogP contribution in [0, 0.1) is 5.92 Å². The van der Waals surface area contributed by atoms with E-state index in [-0.39, 0.29) is 0 Å². The Morgan fingerprint density at radius 1 is 0.682 bits per heavy atom. The summed E-state index contributed by atoms with van der Waals surface area (Å²) in [5.74, 6) is 0.809. The molecule has 0 aliphatic heterocycles. The van der Waals surface area contributed by atoms with E-state index in [0.29, 0.717) is 0 Å². The van der Waals surface area contributed by atoms with Gasteiger partial charge in [0.2, 0.25) is 0 Å². The van der Waals surface area contributed by atoms with E-state index in [2.05, 4.69) is 29.8 Å².